The van der Waals surface area contributed by atoms with Gasteiger partial charge in [-0.2, -0.15) is 0 Å². The van der Waals surface area contributed by atoms with E-state index in [4.69, 9.17) is 9.47 Å². The average Bonchev–Trinajstić information content (AvgIpc) is 3.33. The molecule has 6 heteroatoms. The molecule has 6 nitrogen and oxygen atoms in total. The third kappa shape index (κ3) is 2.73. The zero-order valence-electron chi connectivity index (χ0n) is 12.8. The van der Waals surface area contributed by atoms with Crippen molar-refractivity contribution < 1.29 is 19.1 Å². The quantitative estimate of drug-likeness (QED) is 0.809. The first kappa shape index (κ1) is 14.4. The van der Waals surface area contributed by atoms with Gasteiger partial charge in [-0.1, -0.05) is 25.0 Å². The molecule has 2 aliphatic carbocycles. The number of fused-ring (bicyclic) bond motifs is 2. The Bertz CT molecular complexity index is 621. The zero-order valence-corrected chi connectivity index (χ0v) is 12.8. The Morgan fingerprint density at radius 1 is 0.957 bits per heavy atom. The smallest absolute Gasteiger partial charge is 0.283 e. The molecule has 1 unspecified atom stereocenters. The van der Waals surface area contributed by atoms with Crippen LogP contribution in [-0.2, 0) is 9.59 Å². The molecule has 1 aromatic rings. The molecule has 4 rings (SSSR count). The second-order valence-corrected chi connectivity index (χ2v) is 6.48. The minimum Gasteiger partial charge on any atom is -0.485 e. The van der Waals surface area contributed by atoms with Crippen molar-refractivity contribution in [2.75, 3.05) is 6.61 Å². The van der Waals surface area contributed by atoms with Crippen LogP contribution in [-0.4, -0.2) is 24.5 Å². The molecule has 0 spiro atoms. The maximum Gasteiger partial charge on any atom is 0.283 e. The SMILES string of the molecule is O=C(NNC(=O)[C@@H]1COc2ccccc2O1)C1[C@H]2CCCC[C@@H]12. The molecular weight excluding hydrogens is 296 g/mol. The summed E-state index contributed by atoms with van der Waals surface area (Å²) >= 11 is 0. The molecule has 0 saturated heterocycles. The number of rotatable bonds is 2. The van der Waals surface area contributed by atoms with Crippen molar-refractivity contribution in [2.45, 2.75) is 31.8 Å². The topological polar surface area (TPSA) is 76.7 Å². The highest BCUT2D eigenvalue weighted by Crippen LogP contribution is 2.55. The van der Waals surface area contributed by atoms with Gasteiger partial charge in [-0.05, 0) is 36.8 Å². The van der Waals surface area contributed by atoms with Gasteiger partial charge in [0.2, 0.25) is 12.0 Å². The normalized spacial score (nSPS) is 30.8. The van der Waals surface area contributed by atoms with Crippen LogP contribution in [0.4, 0.5) is 0 Å². The van der Waals surface area contributed by atoms with Gasteiger partial charge in [0.25, 0.3) is 5.91 Å². The van der Waals surface area contributed by atoms with Gasteiger partial charge >= 0.3 is 0 Å². The Labute approximate surface area is 134 Å². The van der Waals surface area contributed by atoms with Crippen LogP contribution in [0.15, 0.2) is 24.3 Å². The number of para-hydroxylation sites is 2. The molecule has 2 fully saturated rings. The fraction of sp³-hybridized carbons (Fsp3) is 0.529. The molecule has 4 atom stereocenters. The van der Waals surface area contributed by atoms with Gasteiger partial charge in [0.05, 0.1) is 0 Å². The first-order chi connectivity index (χ1) is 11.2. The average molecular weight is 316 g/mol. The summed E-state index contributed by atoms with van der Waals surface area (Å²) in [5.41, 5.74) is 5.02. The monoisotopic (exact) mass is 316 g/mol. The Morgan fingerprint density at radius 2 is 1.61 bits per heavy atom. The third-order valence-electron chi connectivity index (χ3n) is 5.07. The number of hydrazine groups is 1. The van der Waals surface area contributed by atoms with Gasteiger partial charge in [-0.15, -0.1) is 0 Å². The van der Waals surface area contributed by atoms with Gasteiger partial charge in [0.15, 0.2) is 11.5 Å². The summed E-state index contributed by atoms with van der Waals surface area (Å²) in [6.45, 7) is 0.132. The molecule has 0 aromatic heterocycles. The lowest BCUT2D eigenvalue weighted by molar-refractivity contribution is -0.135. The number of nitrogens with one attached hydrogen (secondary N) is 2. The van der Waals surface area contributed by atoms with E-state index in [1.807, 2.05) is 12.1 Å². The van der Waals surface area contributed by atoms with Crippen molar-refractivity contribution in [1.29, 1.82) is 0 Å². The summed E-state index contributed by atoms with van der Waals surface area (Å²) in [6, 6.07) is 7.21. The zero-order chi connectivity index (χ0) is 15.8. The molecule has 1 aliphatic heterocycles. The summed E-state index contributed by atoms with van der Waals surface area (Å²) in [4.78, 5) is 24.3. The highest BCUT2D eigenvalue weighted by molar-refractivity contribution is 5.87. The van der Waals surface area contributed by atoms with Crippen LogP contribution in [0.2, 0.25) is 0 Å². The largest absolute Gasteiger partial charge is 0.485 e. The predicted molar refractivity (Wildman–Crippen MR) is 81.6 cm³/mol. The summed E-state index contributed by atoms with van der Waals surface area (Å²) in [7, 11) is 0. The van der Waals surface area contributed by atoms with Crippen LogP contribution >= 0.6 is 0 Å². The molecular formula is C17H20N2O4. The van der Waals surface area contributed by atoms with E-state index in [9.17, 15) is 9.59 Å². The van der Waals surface area contributed by atoms with Crippen LogP contribution < -0.4 is 20.3 Å². The van der Waals surface area contributed by atoms with Gasteiger partial charge in [-0.3, -0.25) is 20.4 Å². The minimum absolute atomic E-state index is 0.0713. The number of amides is 2. The van der Waals surface area contributed by atoms with E-state index in [1.54, 1.807) is 12.1 Å². The van der Waals surface area contributed by atoms with Crippen molar-refractivity contribution in [3.8, 4) is 11.5 Å². The summed E-state index contributed by atoms with van der Waals surface area (Å²) in [6.07, 6.45) is 3.93. The molecule has 1 heterocycles. The van der Waals surface area contributed by atoms with Crippen molar-refractivity contribution >= 4 is 11.8 Å². The second kappa shape index (κ2) is 5.76. The molecule has 3 aliphatic rings. The number of hydrogen-bond acceptors (Lipinski definition) is 4. The lowest BCUT2D eigenvalue weighted by atomic mass is 10.0. The number of carbonyl (C=O) groups excluding carboxylic acids is 2. The Morgan fingerprint density at radius 3 is 2.35 bits per heavy atom. The summed E-state index contributed by atoms with van der Waals surface area (Å²) in [5.74, 6) is 1.80. The van der Waals surface area contributed by atoms with Crippen molar-refractivity contribution in [2.24, 2.45) is 17.8 Å². The van der Waals surface area contributed by atoms with Crippen LogP contribution in [0.1, 0.15) is 25.7 Å². The second-order valence-electron chi connectivity index (χ2n) is 6.48. The van der Waals surface area contributed by atoms with Gasteiger partial charge in [-0.25, -0.2) is 0 Å². The number of carbonyl (C=O) groups is 2. The molecule has 2 N–H and O–H groups in total. The van der Waals surface area contributed by atoms with E-state index in [0.29, 0.717) is 23.3 Å². The lowest BCUT2D eigenvalue weighted by Gasteiger charge is -2.25. The Kier molecular flexibility index (Phi) is 3.59. The summed E-state index contributed by atoms with van der Waals surface area (Å²) in [5, 5.41) is 0. The van der Waals surface area contributed by atoms with Gasteiger partial charge in [0, 0.05) is 5.92 Å². The molecule has 2 amide bonds. The van der Waals surface area contributed by atoms with Gasteiger partial charge in [0.1, 0.15) is 6.61 Å². The molecule has 1 aromatic carbocycles. The Hall–Kier alpha value is -2.24. The number of ether oxygens (including phenoxy) is 2. The molecule has 0 radical (unpaired) electrons. The van der Waals surface area contributed by atoms with Gasteiger partial charge < -0.3 is 9.47 Å². The van der Waals surface area contributed by atoms with Crippen molar-refractivity contribution in [3.05, 3.63) is 24.3 Å². The highest BCUT2D eigenvalue weighted by Gasteiger charge is 2.54. The molecule has 2 saturated carbocycles. The van der Waals surface area contributed by atoms with Crippen LogP contribution in [0.5, 0.6) is 11.5 Å². The Balaban J connectivity index is 1.29. The van der Waals surface area contributed by atoms with E-state index in [1.165, 1.54) is 12.8 Å². The van der Waals surface area contributed by atoms with E-state index >= 15 is 0 Å². The number of benzene rings is 1. The van der Waals surface area contributed by atoms with Crippen LogP contribution in [0.3, 0.4) is 0 Å². The standard InChI is InChI=1S/C17H20N2O4/c20-16(14-9-22-12-7-3-4-8-13(12)23-14)18-19-17(21)15-10-5-1-2-6-11(10)15/h3-4,7-8,10-11,14-15H,1-2,5-6,9H2,(H,18,20)(H,19,21)/t10-,11+,14-,15?/m0/s1. The van der Waals surface area contributed by atoms with Crippen LogP contribution in [0, 0.1) is 17.8 Å². The van der Waals surface area contributed by atoms with E-state index in [0.717, 1.165) is 12.8 Å². The maximum absolute atomic E-state index is 12.2. The third-order valence-corrected chi connectivity index (χ3v) is 5.07. The maximum atomic E-state index is 12.2. The molecule has 23 heavy (non-hydrogen) atoms. The van der Waals surface area contributed by atoms with E-state index in [-0.39, 0.29) is 18.4 Å². The fourth-order valence-corrected chi connectivity index (χ4v) is 3.82. The molecule has 122 valence electrons. The first-order valence-electron chi connectivity index (χ1n) is 8.22. The fourth-order valence-electron chi connectivity index (χ4n) is 3.82. The summed E-state index contributed by atoms with van der Waals surface area (Å²) < 4.78 is 11.1. The highest BCUT2D eigenvalue weighted by atomic mass is 16.6. The van der Waals surface area contributed by atoms with Crippen molar-refractivity contribution in [3.63, 3.8) is 0 Å². The first-order valence-corrected chi connectivity index (χ1v) is 8.22. The lowest BCUT2D eigenvalue weighted by Crippen LogP contribution is -2.51. The van der Waals surface area contributed by atoms with E-state index in [2.05, 4.69) is 10.9 Å². The van der Waals surface area contributed by atoms with Crippen molar-refractivity contribution in [1.82, 2.24) is 10.9 Å². The predicted octanol–water partition coefficient (Wildman–Crippen LogP) is 1.41. The van der Waals surface area contributed by atoms with Crippen LogP contribution in [0.25, 0.3) is 0 Å². The minimum atomic E-state index is -0.758. The molecule has 0 bridgehead atoms. The number of hydrogen-bond donors (Lipinski definition) is 2. The van der Waals surface area contributed by atoms with E-state index < -0.39 is 12.0 Å².